The first kappa shape index (κ1) is 18.1. The van der Waals surface area contributed by atoms with Crippen LogP contribution in [0.2, 0.25) is 0 Å². The lowest BCUT2D eigenvalue weighted by Crippen LogP contribution is -2.52. The molecule has 4 nitrogen and oxygen atoms in total. The molecule has 1 amide bonds. The van der Waals surface area contributed by atoms with E-state index >= 15 is 0 Å². The van der Waals surface area contributed by atoms with Crippen molar-refractivity contribution in [1.29, 1.82) is 0 Å². The van der Waals surface area contributed by atoms with Crippen LogP contribution in [0.3, 0.4) is 0 Å². The number of methoxy groups -OCH3 is 1. The van der Waals surface area contributed by atoms with Crippen molar-refractivity contribution in [2.75, 3.05) is 14.2 Å². The molecule has 1 unspecified atom stereocenters. The Hall–Kier alpha value is -1.26. The summed E-state index contributed by atoms with van der Waals surface area (Å²) in [5, 5.41) is 3.08. The van der Waals surface area contributed by atoms with Gasteiger partial charge in [-0.15, -0.1) is 12.4 Å². The number of likely N-dealkylation sites (N-methyl/N-ethyl adjacent to an activating group) is 1. The maximum atomic E-state index is 12.6. The number of hydrogen-bond donors (Lipinski definition) is 1. The number of ether oxygens (including phenoxy) is 1. The summed E-state index contributed by atoms with van der Waals surface area (Å²) in [4.78, 5) is 14.7. The van der Waals surface area contributed by atoms with Crippen LogP contribution in [0, 0.1) is 0 Å². The highest BCUT2D eigenvalue weighted by molar-refractivity contribution is 5.85. The molecular weight excluding hydrogens is 312 g/mol. The number of amides is 1. The van der Waals surface area contributed by atoms with Gasteiger partial charge < -0.3 is 15.0 Å². The smallest absolute Gasteiger partial charge is 0.239 e. The first-order valence-electron chi connectivity index (χ1n) is 8.27. The fraction of sp³-hybridized carbons (Fsp3) is 0.611. The highest BCUT2D eigenvalue weighted by Gasteiger charge is 2.44. The lowest BCUT2D eigenvalue weighted by molar-refractivity contribution is -0.137. The number of benzene rings is 1. The van der Waals surface area contributed by atoms with Gasteiger partial charge in [0.15, 0.2) is 0 Å². The predicted molar refractivity (Wildman–Crippen MR) is 94.4 cm³/mol. The second kappa shape index (κ2) is 7.54. The van der Waals surface area contributed by atoms with Gasteiger partial charge in [0.05, 0.1) is 13.2 Å². The van der Waals surface area contributed by atoms with Gasteiger partial charge in [0, 0.05) is 12.1 Å². The second-order valence-corrected chi connectivity index (χ2v) is 6.58. The van der Waals surface area contributed by atoms with E-state index < -0.39 is 0 Å². The Morgan fingerprint density at radius 2 is 1.78 bits per heavy atom. The van der Waals surface area contributed by atoms with Gasteiger partial charge in [-0.05, 0) is 63.3 Å². The van der Waals surface area contributed by atoms with Crippen LogP contribution in [0.25, 0.3) is 0 Å². The van der Waals surface area contributed by atoms with Gasteiger partial charge >= 0.3 is 0 Å². The SMILES string of the molecule is CN[C@@H](C)C(=O)N1[C@@H]2CC[C@H]1CC(c1ccc(OC)cc1)C2.Cl. The van der Waals surface area contributed by atoms with Crippen molar-refractivity contribution in [3.63, 3.8) is 0 Å². The number of nitrogens with zero attached hydrogens (tertiary/aromatic N) is 1. The summed E-state index contributed by atoms with van der Waals surface area (Å²) in [5.74, 6) is 1.74. The number of rotatable bonds is 4. The average Bonchev–Trinajstić information content (AvgIpc) is 2.83. The number of halogens is 1. The van der Waals surface area contributed by atoms with Gasteiger partial charge in [-0.1, -0.05) is 12.1 Å². The molecule has 2 heterocycles. The molecule has 2 aliphatic rings. The third kappa shape index (κ3) is 3.48. The highest BCUT2D eigenvalue weighted by atomic mass is 35.5. The minimum absolute atomic E-state index is 0. The zero-order chi connectivity index (χ0) is 15.7. The number of carbonyl (C=O) groups is 1. The largest absolute Gasteiger partial charge is 0.497 e. The molecule has 2 aliphatic heterocycles. The summed E-state index contributed by atoms with van der Waals surface area (Å²) in [7, 11) is 3.55. The van der Waals surface area contributed by atoms with Gasteiger partial charge in [0.25, 0.3) is 0 Å². The molecule has 1 N–H and O–H groups in total. The van der Waals surface area contributed by atoms with Crippen LogP contribution in [0.1, 0.15) is 44.1 Å². The van der Waals surface area contributed by atoms with E-state index in [1.165, 1.54) is 5.56 Å². The number of fused-ring (bicyclic) bond motifs is 2. The molecule has 1 aromatic rings. The van der Waals surface area contributed by atoms with Crippen LogP contribution >= 0.6 is 12.4 Å². The van der Waals surface area contributed by atoms with Crippen molar-refractivity contribution in [1.82, 2.24) is 10.2 Å². The lowest BCUT2D eigenvalue weighted by atomic mass is 9.85. The van der Waals surface area contributed by atoms with E-state index in [1.54, 1.807) is 7.11 Å². The normalized spacial score (nSPS) is 27.3. The van der Waals surface area contributed by atoms with Gasteiger partial charge in [0.1, 0.15) is 5.75 Å². The zero-order valence-electron chi connectivity index (χ0n) is 14.1. The number of hydrogen-bond acceptors (Lipinski definition) is 3. The molecule has 4 atom stereocenters. The Morgan fingerprint density at radius 1 is 1.22 bits per heavy atom. The van der Waals surface area contributed by atoms with E-state index in [0.717, 1.165) is 31.4 Å². The number of nitrogens with one attached hydrogen (secondary N) is 1. The first-order valence-corrected chi connectivity index (χ1v) is 8.27. The van der Waals surface area contributed by atoms with Crippen LogP contribution in [-0.4, -0.2) is 43.1 Å². The summed E-state index contributed by atoms with van der Waals surface area (Å²) in [6.07, 6.45) is 4.48. The summed E-state index contributed by atoms with van der Waals surface area (Å²) < 4.78 is 5.24. The fourth-order valence-electron chi connectivity index (χ4n) is 4.03. The lowest BCUT2D eigenvalue weighted by Gasteiger charge is -2.40. The van der Waals surface area contributed by atoms with Crippen molar-refractivity contribution < 1.29 is 9.53 Å². The minimum Gasteiger partial charge on any atom is -0.497 e. The van der Waals surface area contributed by atoms with Crippen LogP contribution in [0.4, 0.5) is 0 Å². The Morgan fingerprint density at radius 3 is 2.26 bits per heavy atom. The van der Waals surface area contributed by atoms with Crippen LogP contribution in [-0.2, 0) is 4.79 Å². The fourth-order valence-corrected chi connectivity index (χ4v) is 4.03. The Kier molecular flexibility index (Phi) is 5.93. The molecule has 0 saturated carbocycles. The van der Waals surface area contributed by atoms with Gasteiger partial charge in [-0.2, -0.15) is 0 Å². The van der Waals surface area contributed by atoms with Crippen molar-refractivity contribution in [2.24, 2.45) is 0 Å². The van der Waals surface area contributed by atoms with Crippen molar-refractivity contribution in [2.45, 2.75) is 56.7 Å². The molecule has 2 saturated heterocycles. The summed E-state index contributed by atoms with van der Waals surface area (Å²) in [6, 6.07) is 9.17. The van der Waals surface area contributed by atoms with Gasteiger partial charge in [-0.3, -0.25) is 4.79 Å². The third-order valence-corrected chi connectivity index (χ3v) is 5.38. The molecule has 2 bridgehead atoms. The predicted octanol–water partition coefficient (Wildman–Crippen LogP) is 2.96. The minimum atomic E-state index is -0.0827. The molecule has 2 fully saturated rings. The van der Waals surface area contributed by atoms with E-state index in [2.05, 4.69) is 22.3 Å². The molecule has 0 aliphatic carbocycles. The quantitative estimate of drug-likeness (QED) is 0.917. The van der Waals surface area contributed by atoms with Crippen LogP contribution < -0.4 is 10.1 Å². The molecular formula is C18H27ClN2O2. The van der Waals surface area contributed by atoms with Crippen LogP contribution in [0.5, 0.6) is 5.75 Å². The number of piperidine rings is 1. The van der Waals surface area contributed by atoms with E-state index in [4.69, 9.17) is 4.74 Å². The maximum absolute atomic E-state index is 12.6. The van der Waals surface area contributed by atoms with E-state index in [-0.39, 0.29) is 24.4 Å². The third-order valence-electron chi connectivity index (χ3n) is 5.38. The molecule has 1 aromatic carbocycles. The second-order valence-electron chi connectivity index (χ2n) is 6.58. The molecule has 0 spiro atoms. The highest BCUT2D eigenvalue weighted by Crippen LogP contribution is 2.43. The molecule has 23 heavy (non-hydrogen) atoms. The Bertz CT molecular complexity index is 520. The van der Waals surface area contributed by atoms with Crippen molar-refractivity contribution >= 4 is 18.3 Å². The van der Waals surface area contributed by atoms with Crippen molar-refractivity contribution in [3.05, 3.63) is 29.8 Å². The Labute approximate surface area is 145 Å². The van der Waals surface area contributed by atoms with Crippen LogP contribution in [0.15, 0.2) is 24.3 Å². The molecule has 128 valence electrons. The summed E-state index contributed by atoms with van der Waals surface area (Å²) >= 11 is 0. The molecule has 5 heteroatoms. The summed E-state index contributed by atoms with van der Waals surface area (Å²) in [6.45, 7) is 1.96. The van der Waals surface area contributed by atoms with Crippen molar-refractivity contribution in [3.8, 4) is 5.75 Å². The van der Waals surface area contributed by atoms with E-state index in [1.807, 2.05) is 26.1 Å². The molecule has 0 radical (unpaired) electrons. The maximum Gasteiger partial charge on any atom is 0.239 e. The topological polar surface area (TPSA) is 41.6 Å². The molecule has 3 rings (SSSR count). The monoisotopic (exact) mass is 338 g/mol. The molecule has 0 aromatic heterocycles. The first-order chi connectivity index (χ1) is 10.6. The van der Waals surface area contributed by atoms with E-state index in [0.29, 0.717) is 18.0 Å². The standard InChI is InChI=1S/C18H26N2O2.ClH/c1-12(19-2)18(21)20-15-6-7-16(20)11-14(10-15)13-4-8-17(22-3)9-5-13;/h4-5,8-9,12,14-16,19H,6-7,10-11H2,1-3H3;1H/t12-,14?,15-,16+;/m0./s1. The summed E-state index contributed by atoms with van der Waals surface area (Å²) in [5.41, 5.74) is 1.38. The van der Waals surface area contributed by atoms with E-state index in [9.17, 15) is 4.79 Å². The van der Waals surface area contributed by atoms with Gasteiger partial charge in [-0.25, -0.2) is 0 Å². The van der Waals surface area contributed by atoms with Gasteiger partial charge in [0.2, 0.25) is 5.91 Å². The zero-order valence-corrected chi connectivity index (χ0v) is 14.9. The average molecular weight is 339 g/mol. The number of carbonyl (C=O) groups excluding carboxylic acids is 1. The Balaban J connectivity index is 0.00000192.